The number of piperidine rings is 1. The van der Waals surface area contributed by atoms with Crippen molar-refractivity contribution in [1.29, 1.82) is 0 Å². The molecule has 2 amide bonds. The third kappa shape index (κ3) is 5.33. The van der Waals surface area contributed by atoms with Gasteiger partial charge in [-0.25, -0.2) is 0 Å². The number of carbonyl (C=O) groups excluding carboxylic acids is 2. The molecule has 3 aromatic rings. The van der Waals surface area contributed by atoms with E-state index < -0.39 is 4.92 Å². The Morgan fingerprint density at radius 2 is 1.57 bits per heavy atom. The van der Waals surface area contributed by atoms with Crippen LogP contribution in [-0.2, 0) is 16.1 Å². The Kier molecular flexibility index (Phi) is 7.16. The maximum Gasteiger partial charge on any atom is 0.271 e. The zero-order valence-corrected chi connectivity index (χ0v) is 20.6. The van der Waals surface area contributed by atoms with Crippen LogP contribution in [0.5, 0.6) is 0 Å². The van der Waals surface area contributed by atoms with E-state index in [1.54, 1.807) is 12.1 Å². The summed E-state index contributed by atoms with van der Waals surface area (Å²) in [4.78, 5) is 43.7. The van der Waals surface area contributed by atoms with Crippen LogP contribution in [0.4, 0.5) is 11.4 Å². The van der Waals surface area contributed by atoms with Crippen molar-refractivity contribution in [3.8, 4) is 0 Å². The second kappa shape index (κ2) is 10.8. The van der Waals surface area contributed by atoms with E-state index in [0.29, 0.717) is 45.6 Å². The van der Waals surface area contributed by atoms with Gasteiger partial charge in [-0.2, -0.15) is 0 Å². The number of hydrogen-bond donors (Lipinski definition) is 0. The zero-order valence-electron chi connectivity index (χ0n) is 20.6. The molecule has 2 aliphatic rings. The number of nitro benzene ring substituents is 1. The standard InChI is InChI=1S/C29H30N4O4/c34-27-15-14-26(28(23-10-5-2-6-11-23)32(27)21-22-8-3-1-4-9-22)29(35)31-18-16-30(17-19-31)24-12-7-13-25(20-24)33(36)37/h1-13,20,26,28H,14-19,21H2. The van der Waals surface area contributed by atoms with E-state index in [0.717, 1.165) is 16.8 Å². The molecule has 8 heteroatoms. The van der Waals surface area contributed by atoms with Crippen LogP contribution in [0.15, 0.2) is 84.9 Å². The number of nitrogens with zero attached hydrogens (tertiary/aromatic N) is 4. The van der Waals surface area contributed by atoms with Gasteiger partial charge in [0, 0.05) is 57.0 Å². The Bertz CT molecular complexity index is 1260. The lowest BCUT2D eigenvalue weighted by Gasteiger charge is -2.44. The lowest BCUT2D eigenvalue weighted by Crippen LogP contribution is -2.54. The number of piperazine rings is 1. The average molecular weight is 499 g/mol. The quantitative estimate of drug-likeness (QED) is 0.371. The van der Waals surface area contributed by atoms with E-state index in [9.17, 15) is 19.7 Å². The van der Waals surface area contributed by atoms with Crippen molar-refractivity contribution >= 4 is 23.2 Å². The molecule has 0 N–H and O–H groups in total. The predicted molar refractivity (Wildman–Crippen MR) is 141 cm³/mol. The number of non-ortho nitro benzene ring substituents is 1. The number of benzene rings is 3. The van der Waals surface area contributed by atoms with Gasteiger partial charge in [0.25, 0.3) is 5.69 Å². The summed E-state index contributed by atoms with van der Waals surface area (Å²) in [5, 5.41) is 11.2. The maximum absolute atomic E-state index is 13.9. The lowest BCUT2D eigenvalue weighted by atomic mass is 9.82. The van der Waals surface area contributed by atoms with Crippen molar-refractivity contribution in [2.24, 2.45) is 5.92 Å². The minimum Gasteiger partial charge on any atom is -0.368 e. The minimum absolute atomic E-state index is 0.0621. The van der Waals surface area contributed by atoms with E-state index in [1.165, 1.54) is 6.07 Å². The molecule has 0 radical (unpaired) electrons. The molecular formula is C29H30N4O4. The average Bonchev–Trinajstić information content (AvgIpc) is 2.95. The van der Waals surface area contributed by atoms with Crippen LogP contribution in [-0.4, -0.2) is 52.7 Å². The van der Waals surface area contributed by atoms with E-state index in [4.69, 9.17) is 0 Å². The summed E-state index contributed by atoms with van der Waals surface area (Å²) in [6, 6.07) is 26.0. The smallest absolute Gasteiger partial charge is 0.271 e. The topological polar surface area (TPSA) is 87.0 Å². The van der Waals surface area contributed by atoms with Crippen LogP contribution in [0, 0.1) is 16.0 Å². The first-order valence-corrected chi connectivity index (χ1v) is 12.7. The molecule has 3 aromatic carbocycles. The van der Waals surface area contributed by atoms with E-state index >= 15 is 0 Å². The van der Waals surface area contributed by atoms with Crippen LogP contribution < -0.4 is 4.90 Å². The number of anilines is 1. The number of carbonyl (C=O) groups is 2. The molecule has 0 aromatic heterocycles. The van der Waals surface area contributed by atoms with Gasteiger partial charge in [0.15, 0.2) is 0 Å². The summed E-state index contributed by atoms with van der Waals surface area (Å²) >= 11 is 0. The zero-order chi connectivity index (χ0) is 25.8. The van der Waals surface area contributed by atoms with E-state index in [1.807, 2.05) is 76.5 Å². The Morgan fingerprint density at radius 3 is 2.24 bits per heavy atom. The largest absolute Gasteiger partial charge is 0.368 e. The monoisotopic (exact) mass is 498 g/mol. The molecule has 0 saturated carbocycles. The van der Waals surface area contributed by atoms with E-state index in [-0.39, 0.29) is 29.5 Å². The number of hydrogen-bond acceptors (Lipinski definition) is 5. The normalized spacial score (nSPS) is 20.1. The first-order valence-electron chi connectivity index (χ1n) is 12.7. The number of amides is 2. The van der Waals surface area contributed by atoms with Gasteiger partial charge < -0.3 is 14.7 Å². The van der Waals surface area contributed by atoms with Gasteiger partial charge >= 0.3 is 0 Å². The molecule has 2 aliphatic heterocycles. The van der Waals surface area contributed by atoms with Crippen LogP contribution in [0.2, 0.25) is 0 Å². The third-order valence-corrected chi connectivity index (χ3v) is 7.36. The van der Waals surface area contributed by atoms with Crippen molar-refractivity contribution in [3.63, 3.8) is 0 Å². The fourth-order valence-corrected chi connectivity index (χ4v) is 5.46. The Morgan fingerprint density at radius 1 is 0.892 bits per heavy atom. The number of rotatable bonds is 6. The summed E-state index contributed by atoms with van der Waals surface area (Å²) in [6.45, 7) is 2.73. The van der Waals surface area contributed by atoms with Gasteiger partial charge in [-0.1, -0.05) is 66.7 Å². The molecule has 0 bridgehead atoms. The first kappa shape index (κ1) is 24.5. The predicted octanol–water partition coefficient (Wildman–Crippen LogP) is 4.42. The Balaban J connectivity index is 1.35. The van der Waals surface area contributed by atoms with Gasteiger partial charge in [-0.15, -0.1) is 0 Å². The molecule has 0 aliphatic carbocycles. The molecule has 37 heavy (non-hydrogen) atoms. The van der Waals surface area contributed by atoms with Gasteiger partial charge in [-0.05, 0) is 23.6 Å². The van der Waals surface area contributed by atoms with E-state index in [2.05, 4.69) is 4.90 Å². The van der Waals surface area contributed by atoms with Crippen LogP contribution in [0.25, 0.3) is 0 Å². The second-order valence-corrected chi connectivity index (χ2v) is 9.60. The highest BCUT2D eigenvalue weighted by Gasteiger charge is 2.42. The van der Waals surface area contributed by atoms with Crippen LogP contribution in [0.1, 0.15) is 30.0 Å². The number of likely N-dealkylation sites (tertiary alicyclic amines) is 1. The molecule has 2 atom stereocenters. The van der Waals surface area contributed by atoms with Crippen LogP contribution in [0.3, 0.4) is 0 Å². The molecular weight excluding hydrogens is 468 g/mol. The molecule has 2 saturated heterocycles. The van der Waals surface area contributed by atoms with Gasteiger partial charge in [0.1, 0.15) is 0 Å². The Labute approximate surface area is 216 Å². The highest BCUT2D eigenvalue weighted by molar-refractivity contribution is 5.85. The summed E-state index contributed by atoms with van der Waals surface area (Å²) < 4.78 is 0. The fourth-order valence-electron chi connectivity index (χ4n) is 5.46. The molecule has 2 fully saturated rings. The van der Waals surface area contributed by atoms with Gasteiger partial charge in [0.05, 0.1) is 16.9 Å². The fraction of sp³-hybridized carbons (Fsp3) is 0.310. The summed E-state index contributed by atoms with van der Waals surface area (Å²) in [6.07, 6.45) is 0.869. The SMILES string of the molecule is O=C(C1CCC(=O)N(Cc2ccccc2)C1c1ccccc1)N1CCN(c2cccc([N+](=O)[O-])c2)CC1. The Hall–Kier alpha value is -4.20. The van der Waals surface area contributed by atoms with Gasteiger partial charge in [-0.3, -0.25) is 19.7 Å². The number of nitro groups is 1. The highest BCUT2D eigenvalue weighted by Crippen LogP contribution is 2.39. The third-order valence-electron chi connectivity index (χ3n) is 7.36. The molecule has 0 spiro atoms. The summed E-state index contributed by atoms with van der Waals surface area (Å²) in [5.74, 6) is -0.191. The van der Waals surface area contributed by atoms with Crippen molar-refractivity contribution in [1.82, 2.24) is 9.80 Å². The summed E-state index contributed by atoms with van der Waals surface area (Å²) in [7, 11) is 0. The molecule has 2 heterocycles. The lowest BCUT2D eigenvalue weighted by molar-refractivity contribution is -0.384. The molecule has 190 valence electrons. The molecule has 5 rings (SSSR count). The second-order valence-electron chi connectivity index (χ2n) is 9.60. The van der Waals surface area contributed by atoms with Crippen molar-refractivity contribution < 1.29 is 14.5 Å². The van der Waals surface area contributed by atoms with Crippen molar-refractivity contribution in [2.45, 2.75) is 25.4 Å². The van der Waals surface area contributed by atoms with Crippen molar-refractivity contribution in [3.05, 3.63) is 106 Å². The molecule has 8 nitrogen and oxygen atoms in total. The highest BCUT2D eigenvalue weighted by atomic mass is 16.6. The first-order chi connectivity index (χ1) is 18.0. The van der Waals surface area contributed by atoms with Gasteiger partial charge in [0.2, 0.25) is 11.8 Å². The molecule has 2 unspecified atom stereocenters. The van der Waals surface area contributed by atoms with Crippen LogP contribution >= 0.6 is 0 Å². The minimum atomic E-state index is -0.390. The maximum atomic E-state index is 13.9. The summed E-state index contributed by atoms with van der Waals surface area (Å²) in [5.41, 5.74) is 2.86. The van der Waals surface area contributed by atoms with Crippen molar-refractivity contribution in [2.75, 3.05) is 31.1 Å².